The smallest absolute Gasteiger partial charge is 0.340 e. The van der Waals surface area contributed by atoms with E-state index in [1.165, 1.54) is 6.26 Å². The van der Waals surface area contributed by atoms with Gasteiger partial charge in [-0.15, -0.1) is 0 Å². The number of piperidine rings is 1. The van der Waals surface area contributed by atoms with Crippen molar-refractivity contribution < 1.29 is 14.4 Å². The second-order valence-electron chi connectivity index (χ2n) is 3.46. The molecule has 0 saturated carbocycles. The molecule has 1 aromatic heterocycles. The average molecular weight is 196 g/mol. The maximum Gasteiger partial charge on any atom is 0.340 e. The third kappa shape index (κ3) is 1.63. The molecule has 0 spiro atoms. The van der Waals surface area contributed by atoms with E-state index >= 15 is 0 Å². The van der Waals surface area contributed by atoms with Gasteiger partial charge in [0.05, 0.1) is 0 Å². The molecule has 5 heteroatoms. The Balaban J connectivity index is 2.21. The Labute approximate surface area is 81.1 Å². The lowest BCUT2D eigenvalue weighted by molar-refractivity contribution is 0.0694. The SMILES string of the molecule is O=C(O)c1conc1[C@@H]1CCCNC1. The maximum atomic E-state index is 10.8. The van der Waals surface area contributed by atoms with Gasteiger partial charge in [0.1, 0.15) is 17.5 Å². The molecule has 1 aliphatic rings. The molecule has 76 valence electrons. The zero-order valence-electron chi connectivity index (χ0n) is 7.69. The lowest BCUT2D eigenvalue weighted by Crippen LogP contribution is -2.29. The summed E-state index contributed by atoms with van der Waals surface area (Å²) in [6, 6.07) is 0. The molecule has 2 N–H and O–H groups in total. The molecule has 5 nitrogen and oxygen atoms in total. The topological polar surface area (TPSA) is 75.4 Å². The first-order valence-corrected chi connectivity index (χ1v) is 4.67. The minimum absolute atomic E-state index is 0.175. The molecule has 1 saturated heterocycles. The van der Waals surface area contributed by atoms with Gasteiger partial charge in [0.15, 0.2) is 0 Å². The van der Waals surface area contributed by atoms with Crippen molar-refractivity contribution in [2.45, 2.75) is 18.8 Å². The van der Waals surface area contributed by atoms with Crippen molar-refractivity contribution >= 4 is 5.97 Å². The van der Waals surface area contributed by atoms with Gasteiger partial charge < -0.3 is 14.9 Å². The summed E-state index contributed by atoms with van der Waals surface area (Å²) in [6.07, 6.45) is 3.22. The van der Waals surface area contributed by atoms with Crippen LogP contribution in [0.2, 0.25) is 0 Å². The van der Waals surface area contributed by atoms with Crippen LogP contribution in [-0.2, 0) is 0 Å². The molecule has 2 heterocycles. The second kappa shape index (κ2) is 3.79. The molecule has 1 aliphatic heterocycles. The minimum atomic E-state index is -0.966. The molecular weight excluding hydrogens is 184 g/mol. The van der Waals surface area contributed by atoms with E-state index in [1.54, 1.807) is 0 Å². The molecule has 2 rings (SSSR count). The van der Waals surface area contributed by atoms with Crippen molar-refractivity contribution in [3.05, 3.63) is 17.5 Å². The first-order chi connectivity index (χ1) is 6.79. The third-order valence-electron chi connectivity index (χ3n) is 2.51. The lowest BCUT2D eigenvalue weighted by atomic mass is 9.94. The van der Waals surface area contributed by atoms with Crippen LogP contribution in [-0.4, -0.2) is 29.3 Å². The van der Waals surface area contributed by atoms with Crippen LogP contribution in [0.25, 0.3) is 0 Å². The molecule has 0 bridgehead atoms. The Morgan fingerprint density at radius 1 is 1.71 bits per heavy atom. The molecule has 0 amide bonds. The van der Waals surface area contributed by atoms with Gasteiger partial charge in [-0.3, -0.25) is 0 Å². The monoisotopic (exact) mass is 196 g/mol. The van der Waals surface area contributed by atoms with E-state index in [9.17, 15) is 4.79 Å². The average Bonchev–Trinajstić information content (AvgIpc) is 2.67. The number of nitrogens with one attached hydrogen (secondary N) is 1. The van der Waals surface area contributed by atoms with Gasteiger partial charge in [-0.25, -0.2) is 4.79 Å². The number of hydrogen-bond acceptors (Lipinski definition) is 4. The summed E-state index contributed by atoms with van der Waals surface area (Å²) in [6.45, 7) is 1.78. The largest absolute Gasteiger partial charge is 0.478 e. The molecule has 0 aliphatic carbocycles. The van der Waals surface area contributed by atoms with Gasteiger partial charge in [0.2, 0.25) is 0 Å². The van der Waals surface area contributed by atoms with Gasteiger partial charge in [-0.05, 0) is 19.4 Å². The van der Waals surface area contributed by atoms with Gasteiger partial charge >= 0.3 is 5.97 Å². The fourth-order valence-corrected chi connectivity index (χ4v) is 1.79. The Morgan fingerprint density at radius 2 is 2.57 bits per heavy atom. The van der Waals surface area contributed by atoms with Crippen molar-refractivity contribution in [2.24, 2.45) is 0 Å². The summed E-state index contributed by atoms with van der Waals surface area (Å²) in [5, 5.41) is 15.8. The first-order valence-electron chi connectivity index (χ1n) is 4.67. The van der Waals surface area contributed by atoms with Crippen LogP contribution in [0.5, 0.6) is 0 Å². The molecule has 1 atom stereocenters. The predicted octanol–water partition coefficient (Wildman–Crippen LogP) is 0.840. The number of carboxylic acid groups (broad SMARTS) is 1. The van der Waals surface area contributed by atoms with E-state index in [0.717, 1.165) is 25.9 Å². The van der Waals surface area contributed by atoms with E-state index in [-0.39, 0.29) is 11.5 Å². The second-order valence-corrected chi connectivity index (χ2v) is 3.46. The van der Waals surface area contributed by atoms with Crippen molar-refractivity contribution in [1.29, 1.82) is 0 Å². The summed E-state index contributed by atoms with van der Waals surface area (Å²) in [5.41, 5.74) is 0.767. The van der Waals surface area contributed by atoms with E-state index < -0.39 is 5.97 Å². The van der Waals surface area contributed by atoms with Crippen LogP contribution in [0.4, 0.5) is 0 Å². The van der Waals surface area contributed by atoms with Crippen molar-refractivity contribution in [2.75, 3.05) is 13.1 Å². The van der Waals surface area contributed by atoms with Gasteiger partial charge in [0, 0.05) is 12.5 Å². The van der Waals surface area contributed by atoms with Crippen molar-refractivity contribution in [3.8, 4) is 0 Å². The number of aromatic carboxylic acids is 1. The third-order valence-corrected chi connectivity index (χ3v) is 2.51. The first kappa shape index (κ1) is 9.21. The number of aromatic nitrogens is 1. The maximum absolute atomic E-state index is 10.8. The van der Waals surface area contributed by atoms with Gasteiger partial charge in [0.25, 0.3) is 0 Å². The highest BCUT2D eigenvalue weighted by Crippen LogP contribution is 2.24. The Bertz CT molecular complexity index is 329. The fourth-order valence-electron chi connectivity index (χ4n) is 1.79. The van der Waals surface area contributed by atoms with Crippen LogP contribution in [0.3, 0.4) is 0 Å². The highest BCUT2D eigenvalue weighted by Gasteiger charge is 2.24. The molecule has 1 aromatic rings. The fraction of sp³-hybridized carbons (Fsp3) is 0.556. The quantitative estimate of drug-likeness (QED) is 0.733. The van der Waals surface area contributed by atoms with Crippen LogP contribution < -0.4 is 5.32 Å². The minimum Gasteiger partial charge on any atom is -0.478 e. The summed E-state index contributed by atoms with van der Waals surface area (Å²) < 4.78 is 4.70. The van der Waals surface area contributed by atoms with E-state index in [1.807, 2.05) is 0 Å². The predicted molar refractivity (Wildman–Crippen MR) is 48.3 cm³/mol. The summed E-state index contributed by atoms with van der Waals surface area (Å²) in [4.78, 5) is 10.8. The van der Waals surface area contributed by atoms with Crippen LogP contribution in [0, 0.1) is 0 Å². The highest BCUT2D eigenvalue weighted by atomic mass is 16.5. The molecule has 0 aromatic carbocycles. The molecule has 0 unspecified atom stereocenters. The summed E-state index contributed by atoms with van der Waals surface area (Å²) in [5.74, 6) is -0.791. The molecule has 0 radical (unpaired) electrons. The zero-order valence-corrected chi connectivity index (χ0v) is 7.69. The van der Waals surface area contributed by atoms with Gasteiger partial charge in [-0.2, -0.15) is 0 Å². The summed E-state index contributed by atoms with van der Waals surface area (Å²) >= 11 is 0. The van der Waals surface area contributed by atoms with E-state index in [4.69, 9.17) is 9.63 Å². The number of rotatable bonds is 2. The number of hydrogen-bond donors (Lipinski definition) is 2. The van der Waals surface area contributed by atoms with Crippen LogP contribution in [0.15, 0.2) is 10.8 Å². The number of nitrogens with zero attached hydrogens (tertiary/aromatic N) is 1. The molecular formula is C9H12N2O3. The molecule has 1 fully saturated rings. The van der Waals surface area contributed by atoms with E-state index in [2.05, 4.69) is 10.5 Å². The Hall–Kier alpha value is -1.36. The summed E-state index contributed by atoms with van der Waals surface area (Å²) in [7, 11) is 0. The number of carboxylic acids is 1. The van der Waals surface area contributed by atoms with Crippen molar-refractivity contribution in [3.63, 3.8) is 0 Å². The highest BCUT2D eigenvalue weighted by molar-refractivity contribution is 5.88. The van der Waals surface area contributed by atoms with Crippen LogP contribution >= 0.6 is 0 Å². The Kier molecular flexibility index (Phi) is 2.49. The Morgan fingerprint density at radius 3 is 3.21 bits per heavy atom. The van der Waals surface area contributed by atoms with E-state index in [0.29, 0.717) is 5.69 Å². The zero-order chi connectivity index (χ0) is 9.97. The van der Waals surface area contributed by atoms with Gasteiger partial charge in [-0.1, -0.05) is 5.16 Å². The van der Waals surface area contributed by atoms with Crippen molar-refractivity contribution in [1.82, 2.24) is 10.5 Å². The standard InChI is InChI=1S/C9H12N2O3/c12-9(13)7-5-14-11-8(7)6-2-1-3-10-4-6/h5-6,10H,1-4H2,(H,12,13)/t6-/m1/s1. The molecule has 14 heavy (non-hydrogen) atoms. The number of carbonyl (C=O) groups is 1. The van der Waals surface area contributed by atoms with Crippen LogP contribution in [0.1, 0.15) is 34.8 Å². The normalized spacial score (nSPS) is 22.1. The lowest BCUT2D eigenvalue weighted by Gasteiger charge is -2.20.